The van der Waals surface area contributed by atoms with Crippen molar-refractivity contribution in [3.05, 3.63) is 23.3 Å². The number of amides is 1. The highest BCUT2D eigenvalue weighted by Crippen LogP contribution is 2.33. The van der Waals surface area contributed by atoms with Gasteiger partial charge in [0.15, 0.2) is 0 Å². The van der Waals surface area contributed by atoms with Crippen molar-refractivity contribution >= 4 is 11.9 Å². The van der Waals surface area contributed by atoms with Gasteiger partial charge in [0.1, 0.15) is 23.2 Å². The van der Waals surface area contributed by atoms with E-state index in [2.05, 4.69) is 5.32 Å². The van der Waals surface area contributed by atoms with Gasteiger partial charge in [-0.2, -0.15) is 0 Å². The molecule has 0 aliphatic carbocycles. The van der Waals surface area contributed by atoms with Crippen LogP contribution >= 0.6 is 0 Å². The molecule has 1 amide bonds. The molecule has 0 saturated carbocycles. The molecule has 0 aromatic heterocycles. The van der Waals surface area contributed by atoms with Crippen LogP contribution in [0.1, 0.15) is 35.7 Å². The second-order valence-corrected chi connectivity index (χ2v) is 6.24. The van der Waals surface area contributed by atoms with Gasteiger partial charge in [-0.3, -0.25) is 4.79 Å². The van der Waals surface area contributed by atoms with E-state index in [-0.39, 0.29) is 35.1 Å². The van der Waals surface area contributed by atoms with Crippen molar-refractivity contribution in [1.29, 1.82) is 0 Å². The Morgan fingerprint density at radius 1 is 1.38 bits per heavy atom. The monoisotopic (exact) mass is 334 g/mol. The first kappa shape index (κ1) is 16.6. The summed E-state index contributed by atoms with van der Waals surface area (Å²) in [4.78, 5) is 25.4. The van der Waals surface area contributed by atoms with E-state index in [0.717, 1.165) is 19.4 Å². The maximum absolute atomic E-state index is 12.2. The van der Waals surface area contributed by atoms with Crippen molar-refractivity contribution in [2.75, 3.05) is 19.6 Å². The largest absolute Gasteiger partial charge is 0.507 e. The van der Waals surface area contributed by atoms with Crippen LogP contribution in [-0.2, 0) is 11.2 Å². The van der Waals surface area contributed by atoms with Crippen molar-refractivity contribution in [1.82, 2.24) is 10.2 Å². The van der Waals surface area contributed by atoms with E-state index in [1.54, 1.807) is 17.0 Å². The number of ether oxygens (including phenoxy) is 1. The Labute approximate surface area is 140 Å². The van der Waals surface area contributed by atoms with Crippen molar-refractivity contribution in [3.63, 3.8) is 0 Å². The third-order valence-corrected chi connectivity index (χ3v) is 4.63. The quantitative estimate of drug-likeness (QED) is 0.743. The number of phenols is 1. The molecule has 3 N–H and O–H groups in total. The van der Waals surface area contributed by atoms with Gasteiger partial charge in [0.05, 0.1) is 19.1 Å². The van der Waals surface area contributed by atoms with Gasteiger partial charge in [0.25, 0.3) is 0 Å². The van der Waals surface area contributed by atoms with Crippen molar-refractivity contribution in [3.8, 4) is 11.5 Å². The average Bonchev–Trinajstić information content (AvgIpc) is 3.04. The zero-order valence-electron chi connectivity index (χ0n) is 13.6. The molecule has 0 bridgehead atoms. The summed E-state index contributed by atoms with van der Waals surface area (Å²) in [5.41, 5.74) is 0.356. The molecular weight excluding hydrogens is 312 g/mol. The molecular formula is C17H22N2O5. The summed E-state index contributed by atoms with van der Waals surface area (Å²) >= 11 is 0. The van der Waals surface area contributed by atoms with Gasteiger partial charge in [-0.1, -0.05) is 13.0 Å². The normalized spacial score (nSPS) is 20.7. The fraction of sp³-hybridized carbons (Fsp3) is 0.529. The van der Waals surface area contributed by atoms with Gasteiger partial charge in [-0.25, -0.2) is 4.79 Å². The van der Waals surface area contributed by atoms with E-state index in [0.29, 0.717) is 25.1 Å². The Balaban J connectivity index is 1.64. The summed E-state index contributed by atoms with van der Waals surface area (Å²) in [7, 11) is 0. The molecule has 0 radical (unpaired) electrons. The number of nitrogens with one attached hydrogen (secondary N) is 1. The Morgan fingerprint density at radius 2 is 2.12 bits per heavy atom. The van der Waals surface area contributed by atoms with E-state index in [1.165, 1.54) is 0 Å². The van der Waals surface area contributed by atoms with Crippen LogP contribution in [0.15, 0.2) is 12.1 Å². The molecule has 3 rings (SSSR count). The number of carboxylic acids is 1. The van der Waals surface area contributed by atoms with E-state index in [1.807, 2.05) is 6.92 Å². The van der Waals surface area contributed by atoms with Crippen LogP contribution in [0.3, 0.4) is 0 Å². The summed E-state index contributed by atoms with van der Waals surface area (Å²) in [6.45, 7) is 3.58. The molecule has 2 aliphatic heterocycles. The molecule has 2 fully saturated rings. The lowest BCUT2D eigenvalue weighted by Gasteiger charge is -2.40. The highest BCUT2D eigenvalue weighted by Gasteiger charge is 2.37. The summed E-state index contributed by atoms with van der Waals surface area (Å²) in [6.07, 6.45) is 2.15. The number of rotatable bonds is 5. The maximum Gasteiger partial charge on any atom is 0.343 e. The van der Waals surface area contributed by atoms with Crippen molar-refractivity contribution < 1.29 is 24.5 Å². The van der Waals surface area contributed by atoms with Gasteiger partial charge in [0, 0.05) is 0 Å². The predicted molar refractivity (Wildman–Crippen MR) is 86.5 cm³/mol. The molecule has 2 heterocycles. The van der Waals surface area contributed by atoms with Crippen LogP contribution in [0.25, 0.3) is 0 Å². The lowest BCUT2D eigenvalue weighted by Crippen LogP contribution is -2.59. The molecule has 24 heavy (non-hydrogen) atoms. The lowest BCUT2D eigenvalue weighted by atomic mass is 10.0. The van der Waals surface area contributed by atoms with Gasteiger partial charge >= 0.3 is 5.97 Å². The highest BCUT2D eigenvalue weighted by molar-refractivity contribution is 5.94. The Morgan fingerprint density at radius 3 is 2.71 bits per heavy atom. The number of hydrogen-bond acceptors (Lipinski definition) is 5. The summed E-state index contributed by atoms with van der Waals surface area (Å²) < 4.78 is 5.71. The van der Waals surface area contributed by atoms with Gasteiger partial charge in [0.2, 0.25) is 5.91 Å². The lowest BCUT2D eigenvalue weighted by molar-refractivity contribution is -0.141. The molecule has 1 atom stereocenters. The summed E-state index contributed by atoms with van der Waals surface area (Å²) in [5.74, 6) is -1.24. The highest BCUT2D eigenvalue weighted by atomic mass is 16.5. The van der Waals surface area contributed by atoms with Crippen molar-refractivity contribution in [2.24, 2.45) is 0 Å². The minimum absolute atomic E-state index is 0.0787. The smallest absolute Gasteiger partial charge is 0.343 e. The van der Waals surface area contributed by atoms with Crippen LogP contribution < -0.4 is 10.1 Å². The number of carboxylic acid groups (broad SMARTS) is 1. The number of carbonyl (C=O) groups is 2. The van der Waals surface area contributed by atoms with E-state index >= 15 is 0 Å². The fourth-order valence-corrected chi connectivity index (χ4v) is 3.19. The van der Waals surface area contributed by atoms with E-state index in [9.17, 15) is 19.8 Å². The average molecular weight is 334 g/mol. The number of hydrogen-bond donors (Lipinski definition) is 3. The number of nitrogens with zero attached hydrogens (tertiary/aromatic N) is 1. The molecule has 2 saturated heterocycles. The first-order chi connectivity index (χ1) is 11.5. The summed E-state index contributed by atoms with van der Waals surface area (Å²) in [5, 5.41) is 22.6. The zero-order chi connectivity index (χ0) is 17.3. The van der Waals surface area contributed by atoms with E-state index < -0.39 is 5.97 Å². The molecule has 2 aliphatic rings. The Hall–Kier alpha value is -2.28. The molecule has 130 valence electrons. The topological polar surface area (TPSA) is 99.1 Å². The third kappa shape index (κ3) is 3.03. The van der Waals surface area contributed by atoms with Crippen LogP contribution in [0, 0.1) is 0 Å². The number of benzene rings is 1. The second-order valence-electron chi connectivity index (χ2n) is 6.24. The predicted octanol–water partition coefficient (Wildman–Crippen LogP) is 0.994. The van der Waals surface area contributed by atoms with Gasteiger partial charge < -0.3 is 25.2 Å². The number of aromatic hydroxyl groups is 1. The summed E-state index contributed by atoms with van der Waals surface area (Å²) in [6, 6.07) is 3.14. The molecule has 0 unspecified atom stereocenters. The number of aromatic carboxylic acids is 1. The fourth-order valence-electron chi connectivity index (χ4n) is 3.19. The van der Waals surface area contributed by atoms with Crippen LogP contribution in [0.5, 0.6) is 11.5 Å². The molecule has 1 aromatic rings. The first-order valence-corrected chi connectivity index (χ1v) is 8.28. The molecule has 0 spiro atoms. The third-order valence-electron chi connectivity index (χ3n) is 4.63. The molecule has 1 aromatic carbocycles. The SMILES string of the molecule is CCc1ccc(OC2CN(C(=O)[C@@H]3CCCN3)C2)c(C(=O)O)c1O. The first-order valence-electron chi connectivity index (χ1n) is 8.28. The van der Waals surface area contributed by atoms with Crippen LogP contribution in [0.4, 0.5) is 0 Å². The minimum atomic E-state index is -1.22. The van der Waals surface area contributed by atoms with Crippen LogP contribution in [0.2, 0.25) is 0 Å². The standard InChI is InChI=1S/C17H22N2O5/c1-2-10-5-6-13(14(15(10)20)17(22)23)24-11-8-19(9-11)16(21)12-4-3-7-18-12/h5-6,11-12,18,20H,2-4,7-9H2,1H3,(H,22,23)/t12-/m0/s1. The molecule has 7 heteroatoms. The number of likely N-dealkylation sites (tertiary alicyclic amines) is 1. The molecule has 7 nitrogen and oxygen atoms in total. The van der Waals surface area contributed by atoms with Crippen molar-refractivity contribution in [2.45, 2.75) is 38.3 Å². The zero-order valence-corrected chi connectivity index (χ0v) is 13.6. The maximum atomic E-state index is 12.2. The van der Waals surface area contributed by atoms with Gasteiger partial charge in [-0.05, 0) is 37.4 Å². The Kier molecular flexibility index (Phi) is 4.62. The Bertz CT molecular complexity index is 649. The van der Waals surface area contributed by atoms with E-state index in [4.69, 9.17) is 4.74 Å². The van der Waals surface area contributed by atoms with Crippen LogP contribution in [-0.4, -0.2) is 58.8 Å². The number of aryl methyl sites for hydroxylation is 1. The van der Waals surface area contributed by atoms with Gasteiger partial charge in [-0.15, -0.1) is 0 Å². The second kappa shape index (κ2) is 6.68. The number of carbonyl (C=O) groups excluding carboxylic acids is 1. The minimum Gasteiger partial charge on any atom is -0.507 e.